The number of rotatable bonds is 4. The highest BCUT2D eigenvalue weighted by atomic mass is 32.2. The number of para-hydroxylation sites is 4. The summed E-state index contributed by atoms with van der Waals surface area (Å²) in [4.78, 5) is 12.7. The number of hydrogen-bond donors (Lipinski definition) is 1. The smallest absolute Gasteiger partial charge is 0.166 e. The highest BCUT2D eigenvalue weighted by molar-refractivity contribution is 7.99. The monoisotopic (exact) mass is 310 g/mol. The van der Waals surface area contributed by atoms with Crippen LogP contribution in [-0.4, -0.2) is 36.0 Å². The fourth-order valence-corrected chi connectivity index (χ4v) is 3.75. The van der Waals surface area contributed by atoms with Gasteiger partial charge in [-0.15, -0.1) is 0 Å². The molecule has 0 aliphatic carbocycles. The van der Waals surface area contributed by atoms with Gasteiger partial charge in [-0.2, -0.15) is 0 Å². The number of benzene rings is 2. The van der Waals surface area contributed by atoms with Gasteiger partial charge in [0.05, 0.1) is 29.1 Å². The van der Waals surface area contributed by atoms with Gasteiger partial charge in [0.2, 0.25) is 0 Å². The molecular formula is C17H18N4S. The Morgan fingerprint density at radius 1 is 1.09 bits per heavy atom. The first-order chi connectivity index (χ1) is 10.8. The Morgan fingerprint density at radius 2 is 1.86 bits per heavy atom. The summed E-state index contributed by atoms with van der Waals surface area (Å²) in [6, 6.07) is 16.8. The molecule has 1 aliphatic rings. The van der Waals surface area contributed by atoms with E-state index in [4.69, 9.17) is 0 Å². The number of nitrogens with one attached hydrogen (secondary N) is 1. The molecule has 0 radical (unpaired) electrons. The molecule has 0 unspecified atom stereocenters. The average molecular weight is 310 g/mol. The lowest BCUT2D eigenvalue weighted by Gasteiger charge is -2.18. The molecule has 4 nitrogen and oxygen atoms in total. The van der Waals surface area contributed by atoms with Crippen LogP contribution in [-0.2, 0) is 0 Å². The Hall–Kier alpha value is -2.14. The molecule has 0 bridgehead atoms. The van der Waals surface area contributed by atoms with Gasteiger partial charge in [0.15, 0.2) is 5.16 Å². The van der Waals surface area contributed by atoms with Crippen molar-refractivity contribution in [1.82, 2.24) is 9.97 Å². The average Bonchev–Trinajstić information content (AvgIpc) is 3.09. The standard InChI is InChI=1S/C17H18N4S/c1-20-12-21(16-9-5-4-8-15(16)20)10-11-22-17-18-13-6-2-3-7-14(13)19-17/h2-9H,10-12H2,1H3,(H,18,19). The maximum Gasteiger partial charge on any atom is 0.166 e. The summed E-state index contributed by atoms with van der Waals surface area (Å²) in [5, 5.41) is 1.00. The number of anilines is 2. The number of imidazole rings is 1. The molecule has 0 saturated heterocycles. The number of aromatic nitrogens is 2. The van der Waals surface area contributed by atoms with Gasteiger partial charge < -0.3 is 14.8 Å². The first-order valence-electron chi connectivity index (χ1n) is 7.44. The van der Waals surface area contributed by atoms with Gasteiger partial charge in [0.25, 0.3) is 0 Å². The third kappa shape index (κ3) is 2.41. The van der Waals surface area contributed by atoms with Gasteiger partial charge in [0.1, 0.15) is 0 Å². The van der Waals surface area contributed by atoms with Crippen LogP contribution in [0.2, 0.25) is 0 Å². The number of hydrogen-bond acceptors (Lipinski definition) is 4. The SMILES string of the molecule is CN1CN(CCSc2nc3ccccc3[nH]2)c2ccccc21. The summed E-state index contributed by atoms with van der Waals surface area (Å²) in [7, 11) is 2.14. The fourth-order valence-electron chi connectivity index (χ4n) is 2.90. The van der Waals surface area contributed by atoms with Crippen LogP contribution in [0.25, 0.3) is 11.0 Å². The molecule has 0 fully saturated rings. The molecule has 5 heteroatoms. The molecule has 1 N–H and O–H groups in total. The van der Waals surface area contributed by atoms with Crippen molar-refractivity contribution < 1.29 is 0 Å². The molecule has 0 atom stereocenters. The number of aromatic amines is 1. The van der Waals surface area contributed by atoms with Crippen LogP contribution in [0.1, 0.15) is 0 Å². The van der Waals surface area contributed by atoms with Crippen LogP contribution in [0.3, 0.4) is 0 Å². The van der Waals surface area contributed by atoms with Gasteiger partial charge >= 0.3 is 0 Å². The zero-order chi connectivity index (χ0) is 14.9. The summed E-state index contributed by atoms with van der Waals surface area (Å²) in [5.74, 6) is 1.02. The minimum Gasteiger partial charge on any atom is -0.355 e. The summed E-state index contributed by atoms with van der Waals surface area (Å²) < 4.78 is 0. The van der Waals surface area contributed by atoms with E-state index >= 15 is 0 Å². The number of nitrogens with zero attached hydrogens (tertiary/aromatic N) is 3. The van der Waals surface area contributed by atoms with E-state index in [0.717, 1.165) is 35.2 Å². The van der Waals surface area contributed by atoms with Crippen LogP contribution in [0, 0.1) is 0 Å². The lowest BCUT2D eigenvalue weighted by molar-refractivity contribution is 0.848. The number of fused-ring (bicyclic) bond motifs is 2. The van der Waals surface area contributed by atoms with E-state index in [1.54, 1.807) is 11.8 Å². The Balaban J connectivity index is 1.41. The first kappa shape index (κ1) is 13.5. The molecule has 2 heterocycles. The molecule has 1 aromatic heterocycles. The molecule has 22 heavy (non-hydrogen) atoms. The largest absolute Gasteiger partial charge is 0.355 e. The summed E-state index contributed by atoms with van der Waals surface area (Å²) in [5.41, 5.74) is 4.79. The number of H-pyrrole nitrogens is 1. The molecule has 3 aromatic rings. The zero-order valence-electron chi connectivity index (χ0n) is 12.5. The van der Waals surface area contributed by atoms with Crippen molar-refractivity contribution in [3.8, 4) is 0 Å². The maximum absolute atomic E-state index is 4.61. The molecule has 2 aromatic carbocycles. The Kier molecular flexibility index (Phi) is 3.42. The third-order valence-electron chi connectivity index (χ3n) is 3.98. The Bertz CT molecular complexity index is 765. The van der Waals surface area contributed by atoms with Gasteiger partial charge in [-0.25, -0.2) is 4.98 Å². The minimum absolute atomic E-state index is 0.958. The van der Waals surface area contributed by atoms with E-state index in [9.17, 15) is 0 Å². The predicted molar refractivity (Wildman–Crippen MR) is 93.9 cm³/mol. The van der Waals surface area contributed by atoms with Crippen LogP contribution < -0.4 is 9.80 Å². The van der Waals surface area contributed by atoms with E-state index in [1.807, 2.05) is 18.2 Å². The van der Waals surface area contributed by atoms with Crippen LogP contribution in [0.5, 0.6) is 0 Å². The van der Waals surface area contributed by atoms with Gasteiger partial charge in [-0.3, -0.25) is 0 Å². The van der Waals surface area contributed by atoms with E-state index in [1.165, 1.54) is 11.4 Å². The second-order valence-electron chi connectivity index (χ2n) is 5.50. The van der Waals surface area contributed by atoms with E-state index < -0.39 is 0 Å². The summed E-state index contributed by atoms with van der Waals surface area (Å²) >= 11 is 1.78. The predicted octanol–water partition coefficient (Wildman–Crippen LogP) is 3.57. The van der Waals surface area contributed by atoms with E-state index in [2.05, 4.69) is 57.1 Å². The van der Waals surface area contributed by atoms with Crippen LogP contribution >= 0.6 is 11.8 Å². The van der Waals surface area contributed by atoms with Crippen molar-refractivity contribution in [1.29, 1.82) is 0 Å². The molecule has 112 valence electrons. The van der Waals surface area contributed by atoms with Crippen LogP contribution in [0.15, 0.2) is 53.7 Å². The maximum atomic E-state index is 4.61. The molecule has 0 saturated carbocycles. The summed E-state index contributed by atoms with van der Waals surface area (Å²) in [6.07, 6.45) is 0. The van der Waals surface area contributed by atoms with Crippen molar-refractivity contribution in [2.75, 3.05) is 35.8 Å². The van der Waals surface area contributed by atoms with Gasteiger partial charge in [0, 0.05) is 19.3 Å². The molecule has 4 rings (SSSR count). The van der Waals surface area contributed by atoms with Crippen LogP contribution in [0.4, 0.5) is 11.4 Å². The van der Waals surface area contributed by atoms with Gasteiger partial charge in [-0.1, -0.05) is 36.0 Å². The molecule has 1 aliphatic heterocycles. The van der Waals surface area contributed by atoms with Crippen molar-refractivity contribution in [3.05, 3.63) is 48.5 Å². The topological polar surface area (TPSA) is 35.2 Å². The van der Waals surface area contributed by atoms with Crippen molar-refractivity contribution in [3.63, 3.8) is 0 Å². The molecule has 0 spiro atoms. The molecule has 0 amide bonds. The van der Waals surface area contributed by atoms with E-state index in [-0.39, 0.29) is 0 Å². The van der Waals surface area contributed by atoms with Crippen molar-refractivity contribution >= 4 is 34.2 Å². The quantitative estimate of drug-likeness (QED) is 0.747. The molecular weight excluding hydrogens is 292 g/mol. The number of thioether (sulfide) groups is 1. The second kappa shape index (κ2) is 5.57. The third-order valence-corrected chi connectivity index (χ3v) is 4.84. The fraction of sp³-hybridized carbons (Fsp3) is 0.235. The highest BCUT2D eigenvalue weighted by Crippen LogP contribution is 2.34. The summed E-state index contributed by atoms with van der Waals surface area (Å²) in [6.45, 7) is 1.98. The second-order valence-corrected chi connectivity index (χ2v) is 6.58. The van der Waals surface area contributed by atoms with Gasteiger partial charge in [-0.05, 0) is 24.3 Å². The van der Waals surface area contributed by atoms with Crippen molar-refractivity contribution in [2.45, 2.75) is 5.16 Å². The first-order valence-corrected chi connectivity index (χ1v) is 8.42. The highest BCUT2D eigenvalue weighted by Gasteiger charge is 2.21. The minimum atomic E-state index is 0.958. The Labute approximate surface area is 134 Å². The lowest BCUT2D eigenvalue weighted by atomic mass is 10.2. The normalized spacial score (nSPS) is 13.9. The lowest BCUT2D eigenvalue weighted by Crippen LogP contribution is -2.29. The Morgan fingerprint density at radius 3 is 2.73 bits per heavy atom. The zero-order valence-corrected chi connectivity index (χ0v) is 13.3. The van der Waals surface area contributed by atoms with E-state index in [0.29, 0.717) is 0 Å². The van der Waals surface area contributed by atoms with Crippen molar-refractivity contribution in [2.24, 2.45) is 0 Å².